The zero-order valence-electron chi connectivity index (χ0n) is 51.5. The number of likely N-dealkylation sites (tertiary alicyclic amines) is 2. The monoisotopic (exact) mass is 1290 g/mol. The minimum Gasteiger partial charge on any atom is -0.394 e. The highest BCUT2D eigenvalue weighted by atomic mass is 31.2. The standard InChI is InChI=1S/C57H101N5O23P2/c1-37-52(72)54(74)46(33-63)83-56(37)79-27-17-13-21-48(68)59-26-16-12-19-44(60-49(69)22-14-18-28-80-57-38(2)53(73)55(75)47(34-64)84-57)45(67)20-9-6-7-10-23-50(70)61-31-42(66)29-40(61)35-81-86(76)85-43-30-41(36-82-87(5,77)78-4)62(32-43)51(71)24-11-8-15-25-58-39(3)65/h37-38,40-44,46-47,52-57,63-64,66,72-75H,6-36H2,1-5H3,(H2-,58,59,60,65,68,69)/p+1/t37?,38?,40?,41-,42+,43?,44-,46?,47?,52?,53?,54?,55?,56?,57?,87?/m0/s1. The van der Waals surface area contributed by atoms with E-state index in [0.29, 0.717) is 103 Å². The normalized spacial score (nSPS) is 28.7. The van der Waals surface area contributed by atoms with E-state index in [9.17, 15) is 73.6 Å². The van der Waals surface area contributed by atoms with Crippen LogP contribution in [0.2, 0.25) is 0 Å². The van der Waals surface area contributed by atoms with Crippen LogP contribution in [0.15, 0.2) is 0 Å². The molecule has 87 heavy (non-hydrogen) atoms. The van der Waals surface area contributed by atoms with E-state index in [0.717, 1.165) is 0 Å². The molecule has 4 rings (SSSR count). The molecule has 0 aliphatic carbocycles. The fourth-order valence-electron chi connectivity index (χ4n) is 10.9. The summed E-state index contributed by atoms with van der Waals surface area (Å²) in [6.45, 7) is 6.29. The number of aliphatic hydroxyl groups is 7. The molecule has 4 aliphatic heterocycles. The third-order valence-electron chi connectivity index (χ3n) is 16.4. The number of β-amino-alcohol motifs (C(OH)–C–C–N with tert-alkyl or cyclic N) is 1. The first-order valence-corrected chi connectivity index (χ1v) is 34.2. The lowest BCUT2D eigenvalue weighted by Crippen LogP contribution is -2.55. The Morgan fingerprint density at radius 2 is 1.14 bits per heavy atom. The predicted octanol–water partition coefficient (Wildman–Crippen LogP) is 2.00. The molecule has 4 fully saturated rings. The summed E-state index contributed by atoms with van der Waals surface area (Å²) in [4.78, 5) is 80.5. The predicted molar refractivity (Wildman–Crippen MR) is 313 cm³/mol. The molecule has 10 N–H and O–H groups in total. The second-order valence-electron chi connectivity index (χ2n) is 23.4. The van der Waals surface area contributed by atoms with Crippen LogP contribution < -0.4 is 16.0 Å². The number of hydrogen-bond acceptors (Lipinski definition) is 23. The smallest absolute Gasteiger partial charge is 0.394 e. The fourth-order valence-corrected chi connectivity index (χ4v) is 12.2. The van der Waals surface area contributed by atoms with E-state index in [1.165, 1.54) is 25.6 Å². The van der Waals surface area contributed by atoms with Gasteiger partial charge in [-0.25, -0.2) is 0 Å². The third kappa shape index (κ3) is 27.2. The van der Waals surface area contributed by atoms with Gasteiger partial charge in [0.05, 0.1) is 62.8 Å². The summed E-state index contributed by atoms with van der Waals surface area (Å²) in [5.41, 5.74) is 0. The van der Waals surface area contributed by atoms with Crippen LogP contribution in [-0.2, 0) is 74.9 Å². The van der Waals surface area contributed by atoms with E-state index < -0.39 is 120 Å². The van der Waals surface area contributed by atoms with E-state index in [4.69, 9.17) is 37.0 Å². The summed E-state index contributed by atoms with van der Waals surface area (Å²) >= 11 is 0. The minimum atomic E-state index is -3.38. The average Bonchev–Trinajstić information content (AvgIpc) is 1.82. The Kier molecular flexibility index (Phi) is 35.5. The van der Waals surface area contributed by atoms with Crippen molar-refractivity contribution in [3.8, 4) is 0 Å². The maximum Gasteiger partial charge on any atom is 0.697 e. The van der Waals surface area contributed by atoms with Gasteiger partial charge in [-0.3, -0.25) is 33.3 Å². The Balaban J connectivity index is 1.18. The van der Waals surface area contributed by atoms with Gasteiger partial charge in [-0.05, 0) is 77.0 Å². The first-order chi connectivity index (χ1) is 41.5. The van der Waals surface area contributed by atoms with Crippen molar-refractivity contribution >= 4 is 51.2 Å². The summed E-state index contributed by atoms with van der Waals surface area (Å²) in [7, 11) is -4.83. The van der Waals surface area contributed by atoms with Gasteiger partial charge in [0.2, 0.25) is 29.5 Å². The van der Waals surface area contributed by atoms with Gasteiger partial charge in [-0.2, -0.15) is 0 Å². The minimum absolute atomic E-state index is 0.0721. The summed E-state index contributed by atoms with van der Waals surface area (Å²) in [5, 5.41) is 78.9. The largest absolute Gasteiger partial charge is 0.697 e. The van der Waals surface area contributed by atoms with Gasteiger partial charge in [0.25, 0.3) is 0 Å². The molecule has 5 amide bonds. The molecular formula is C57H102N5O23P2+. The zero-order chi connectivity index (χ0) is 64.1. The van der Waals surface area contributed by atoms with Crippen LogP contribution in [0.3, 0.4) is 0 Å². The molecule has 0 aromatic rings. The van der Waals surface area contributed by atoms with Crippen molar-refractivity contribution in [1.29, 1.82) is 0 Å². The number of ketones is 1. The first kappa shape index (κ1) is 76.2. The molecule has 0 radical (unpaired) electrons. The number of unbranched alkanes of at least 4 members (excludes halogenated alkanes) is 8. The van der Waals surface area contributed by atoms with Gasteiger partial charge in [-0.1, -0.05) is 33.1 Å². The molecule has 30 heteroatoms. The van der Waals surface area contributed by atoms with Crippen LogP contribution in [0.1, 0.15) is 156 Å². The highest BCUT2D eigenvalue weighted by Crippen LogP contribution is 2.44. The SMILES string of the molecule is COP(C)(=O)OC[C@@H]1CC(O[P+](=O)OCC2C[C@@H](O)CN2C(=O)CCCCCCC(=O)[C@H](CCCCNC(=O)CCCCOC2OC(CO)C(O)C(O)C2C)NC(=O)CCCCOC2OC(CO)C(O)C(O)C2C)CN1C(=O)CCCCCNC(C)=O. The number of ether oxygens (including phenoxy) is 4. The second-order valence-corrected chi connectivity index (χ2v) is 26.5. The summed E-state index contributed by atoms with van der Waals surface area (Å²) < 4.78 is 70.2. The van der Waals surface area contributed by atoms with E-state index in [1.807, 2.05) is 0 Å². The molecule has 4 saturated heterocycles. The Hall–Kier alpha value is -3.25. The highest BCUT2D eigenvalue weighted by molar-refractivity contribution is 7.52. The van der Waals surface area contributed by atoms with Gasteiger partial charge in [0.1, 0.15) is 37.1 Å². The summed E-state index contributed by atoms with van der Waals surface area (Å²) in [5.74, 6) is -2.25. The molecule has 0 saturated carbocycles. The van der Waals surface area contributed by atoms with Gasteiger partial charge in [0, 0.05) is 108 Å². The topological polar surface area (TPSA) is 395 Å². The first-order valence-electron chi connectivity index (χ1n) is 31.1. The zero-order valence-corrected chi connectivity index (χ0v) is 53.3. The highest BCUT2D eigenvalue weighted by Gasteiger charge is 2.45. The van der Waals surface area contributed by atoms with Crippen molar-refractivity contribution in [2.75, 3.05) is 79.6 Å². The summed E-state index contributed by atoms with van der Waals surface area (Å²) in [6, 6.07) is -1.88. The number of carbonyl (C=O) groups is 6. The van der Waals surface area contributed by atoms with Crippen molar-refractivity contribution in [2.45, 2.75) is 235 Å². The number of nitrogens with one attached hydrogen (secondary N) is 3. The average molecular weight is 1290 g/mol. The number of nitrogens with zero attached hydrogens (tertiary/aromatic N) is 2. The Labute approximate surface area is 512 Å². The summed E-state index contributed by atoms with van der Waals surface area (Å²) in [6.07, 6.45) is -1.04. The van der Waals surface area contributed by atoms with Crippen LogP contribution >= 0.6 is 15.9 Å². The molecule has 502 valence electrons. The number of rotatable bonds is 43. The molecule has 17 atom stereocenters. The molecule has 4 heterocycles. The second kappa shape index (κ2) is 40.6. The van der Waals surface area contributed by atoms with Crippen molar-refractivity contribution in [2.24, 2.45) is 11.8 Å². The third-order valence-corrected chi connectivity index (χ3v) is 18.5. The molecule has 4 aliphatic rings. The van der Waals surface area contributed by atoms with Gasteiger partial charge in [0.15, 0.2) is 18.4 Å². The van der Waals surface area contributed by atoms with E-state index in [2.05, 4.69) is 16.0 Å². The lowest BCUT2D eigenvalue weighted by molar-refractivity contribution is -0.282. The van der Waals surface area contributed by atoms with Gasteiger partial charge in [-0.15, -0.1) is 9.05 Å². The number of hydrogen-bond donors (Lipinski definition) is 10. The van der Waals surface area contributed by atoms with Crippen LogP contribution in [0.25, 0.3) is 0 Å². The maximum absolute atomic E-state index is 13.7. The van der Waals surface area contributed by atoms with Crippen LogP contribution in [0, 0.1) is 11.8 Å². The lowest BCUT2D eigenvalue weighted by atomic mass is 9.92. The molecule has 0 spiro atoms. The molecule has 14 unspecified atom stereocenters. The van der Waals surface area contributed by atoms with Crippen molar-refractivity contribution in [3.63, 3.8) is 0 Å². The maximum atomic E-state index is 13.7. The quantitative estimate of drug-likeness (QED) is 0.0308. The number of Topliss-reactive ketones (excluding diaryl/α,β-unsaturated/α-hetero) is 1. The Bertz CT molecular complexity index is 2150. The van der Waals surface area contributed by atoms with Crippen LogP contribution in [-0.4, -0.2) is 240 Å². The molecular weight excluding hydrogens is 1180 g/mol. The Morgan fingerprint density at radius 1 is 0.632 bits per heavy atom. The van der Waals surface area contributed by atoms with Gasteiger partial charge >= 0.3 is 15.9 Å². The number of amides is 5. The van der Waals surface area contributed by atoms with E-state index in [-0.39, 0.29) is 120 Å². The van der Waals surface area contributed by atoms with Crippen LogP contribution in [0.5, 0.6) is 0 Å². The number of carbonyl (C=O) groups excluding carboxylic acids is 6. The number of aliphatic hydroxyl groups excluding tert-OH is 7. The van der Waals surface area contributed by atoms with Crippen molar-refractivity contribution in [3.05, 3.63) is 0 Å². The molecule has 0 bridgehead atoms. The molecule has 0 aromatic heterocycles. The molecule has 28 nitrogen and oxygen atoms in total. The van der Waals surface area contributed by atoms with Crippen LogP contribution in [0.4, 0.5) is 0 Å². The fraction of sp³-hybridized carbons (Fsp3) is 0.895. The van der Waals surface area contributed by atoms with Crippen molar-refractivity contribution < 1.29 is 111 Å². The lowest BCUT2D eigenvalue weighted by Gasteiger charge is -2.40. The molecule has 0 aromatic carbocycles. The van der Waals surface area contributed by atoms with Crippen molar-refractivity contribution in [1.82, 2.24) is 25.8 Å². The van der Waals surface area contributed by atoms with E-state index in [1.54, 1.807) is 18.7 Å². The van der Waals surface area contributed by atoms with Gasteiger partial charge < -0.3 is 89.5 Å². The Morgan fingerprint density at radius 3 is 1.70 bits per heavy atom. The van der Waals surface area contributed by atoms with E-state index >= 15 is 0 Å².